The maximum absolute atomic E-state index is 12.1. The van der Waals surface area contributed by atoms with Crippen LogP contribution in [0.2, 0.25) is 0 Å². The molecule has 0 bridgehead atoms. The zero-order chi connectivity index (χ0) is 13.0. The number of carbonyl (C=O) groups excluding carboxylic acids is 1. The number of nitrogens with zero attached hydrogens (tertiary/aromatic N) is 1. The predicted octanol–water partition coefficient (Wildman–Crippen LogP) is 2.55. The molecule has 0 saturated heterocycles. The van der Waals surface area contributed by atoms with Gasteiger partial charge >= 0.3 is 0 Å². The van der Waals surface area contributed by atoms with Gasteiger partial charge in [-0.2, -0.15) is 0 Å². The molecule has 1 aromatic rings. The molecule has 0 heterocycles. The minimum Gasteiger partial charge on any atom is -0.334 e. The quantitative estimate of drug-likeness (QED) is 0.876. The summed E-state index contributed by atoms with van der Waals surface area (Å²) in [5.41, 5.74) is 1.18. The van der Waals surface area contributed by atoms with Crippen molar-refractivity contribution in [2.45, 2.75) is 32.4 Å². The number of hydrogen-bond donors (Lipinski definition) is 1. The third-order valence-corrected chi connectivity index (χ3v) is 3.91. The van der Waals surface area contributed by atoms with E-state index in [9.17, 15) is 4.79 Å². The fourth-order valence-corrected chi connectivity index (χ4v) is 2.36. The van der Waals surface area contributed by atoms with Gasteiger partial charge in [-0.25, -0.2) is 0 Å². The van der Waals surface area contributed by atoms with Crippen LogP contribution < -0.4 is 5.32 Å². The molecule has 1 aliphatic carbocycles. The summed E-state index contributed by atoms with van der Waals surface area (Å²) in [6.07, 6.45) is 2.28. The van der Waals surface area contributed by atoms with Crippen molar-refractivity contribution in [3.05, 3.63) is 34.3 Å². The Morgan fingerprint density at radius 1 is 1.44 bits per heavy atom. The largest absolute Gasteiger partial charge is 0.334 e. The number of carbonyl (C=O) groups is 1. The molecule has 0 aromatic heterocycles. The Morgan fingerprint density at radius 2 is 2.17 bits per heavy atom. The molecule has 18 heavy (non-hydrogen) atoms. The molecule has 0 unspecified atom stereocenters. The molecule has 0 spiro atoms. The monoisotopic (exact) mass is 310 g/mol. The molecular weight excluding hydrogens is 292 g/mol. The van der Waals surface area contributed by atoms with E-state index in [1.165, 1.54) is 5.56 Å². The van der Waals surface area contributed by atoms with Crippen LogP contribution in [0.25, 0.3) is 0 Å². The Bertz CT molecular complexity index is 418. The van der Waals surface area contributed by atoms with Crippen LogP contribution >= 0.6 is 15.9 Å². The van der Waals surface area contributed by atoms with Crippen LogP contribution in [0.4, 0.5) is 0 Å². The van der Waals surface area contributed by atoms with E-state index in [1.807, 2.05) is 30.0 Å². The summed E-state index contributed by atoms with van der Waals surface area (Å²) in [7, 11) is 0. The average molecular weight is 311 g/mol. The number of amides is 1. The molecular formula is C14H19BrN2O. The zero-order valence-corrected chi connectivity index (χ0v) is 12.2. The van der Waals surface area contributed by atoms with E-state index in [0.717, 1.165) is 23.9 Å². The lowest BCUT2D eigenvalue weighted by molar-refractivity contribution is -0.131. The summed E-state index contributed by atoms with van der Waals surface area (Å²) in [5, 5.41) is 3.11. The lowest BCUT2D eigenvalue weighted by Crippen LogP contribution is -2.39. The van der Waals surface area contributed by atoms with Gasteiger partial charge in [0.1, 0.15) is 0 Å². The van der Waals surface area contributed by atoms with Crippen molar-refractivity contribution in [2.75, 3.05) is 13.1 Å². The standard InChI is InChI=1S/C14H19BrN2O/c1-2-16-9-14(18)17(12-7-8-12)10-11-5-3-4-6-13(11)15/h3-6,12,16H,2,7-10H2,1H3. The van der Waals surface area contributed by atoms with Crippen molar-refractivity contribution >= 4 is 21.8 Å². The molecule has 1 amide bonds. The van der Waals surface area contributed by atoms with E-state index in [2.05, 4.69) is 27.3 Å². The summed E-state index contributed by atoms with van der Waals surface area (Å²) in [4.78, 5) is 14.2. The Hall–Kier alpha value is -0.870. The molecule has 1 aliphatic rings. The first-order chi connectivity index (χ1) is 8.72. The van der Waals surface area contributed by atoms with Crippen LogP contribution in [0, 0.1) is 0 Å². The van der Waals surface area contributed by atoms with E-state index in [4.69, 9.17) is 0 Å². The first-order valence-electron chi connectivity index (χ1n) is 6.46. The van der Waals surface area contributed by atoms with Gasteiger partial charge in [0.2, 0.25) is 5.91 Å². The Balaban J connectivity index is 2.02. The van der Waals surface area contributed by atoms with Crippen molar-refractivity contribution in [3.63, 3.8) is 0 Å². The molecule has 1 aromatic carbocycles. The molecule has 1 saturated carbocycles. The third kappa shape index (κ3) is 3.56. The summed E-state index contributed by atoms with van der Waals surface area (Å²) >= 11 is 3.54. The van der Waals surface area contributed by atoms with E-state index in [1.54, 1.807) is 0 Å². The lowest BCUT2D eigenvalue weighted by atomic mass is 10.2. The average Bonchev–Trinajstić information content (AvgIpc) is 3.19. The SMILES string of the molecule is CCNCC(=O)N(Cc1ccccc1Br)C1CC1. The lowest BCUT2D eigenvalue weighted by Gasteiger charge is -2.23. The van der Waals surface area contributed by atoms with E-state index >= 15 is 0 Å². The van der Waals surface area contributed by atoms with Gasteiger partial charge < -0.3 is 10.2 Å². The van der Waals surface area contributed by atoms with Gasteiger partial charge in [0.25, 0.3) is 0 Å². The van der Waals surface area contributed by atoms with Crippen molar-refractivity contribution < 1.29 is 4.79 Å². The van der Waals surface area contributed by atoms with Crippen molar-refractivity contribution in [1.82, 2.24) is 10.2 Å². The summed E-state index contributed by atoms with van der Waals surface area (Å²) in [6, 6.07) is 8.55. The Morgan fingerprint density at radius 3 is 2.78 bits per heavy atom. The second-order valence-corrected chi connectivity index (χ2v) is 5.48. The highest BCUT2D eigenvalue weighted by molar-refractivity contribution is 9.10. The highest BCUT2D eigenvalue weighted by Crippen LogP contribution is 2.29. The molecule has 0 radical (unpaired) electrons. The topological polar surface area (TPSA) is 32.3 Å². The summed E-state index contributed by atoms with van der Waals surface area (Å²) < 4.78 is 1.08. The molecule has 0 atom stereocenters. The molecule has 4 heteroatoms. The zero-order valence-electron chi connectivity index (χ0n) is 10.7. The molecule has 0 aliphatic heterocycles. The van der Waals surface area contributed by atoms with Crippen LogP contribution in [0.5, 0.6) is 0 Å². The molecule has 2 rings (SSSR count). The molecule has 1 fully saturated rings. The third-order valence-electron chi connectivity index (χ3n) is 3.13. The van der Waals surface area contributed by atoms with Crippen LogP contribution in [0.3, 0.4) is 0 Å². The minimum atomic E-state index is 0.204. The van der Waals surface area contributed by atoms with Gasteiger partial charge in [-0.3, -0.25) is 4.79 Å². The van der Waals surface area contributed by atoms with E-state index < -0.39 is 0 Å². The normalized spacial score (nSPS) is 14.6. The van der Waals surface area contributed by atoms with Gasteiger partial charge in [0.15, 0.2) is 0 Å². The van der Waals surface area contributed by atoms with Gasteiger partial charge in [0.05, 0.1) is 6.54 Å². The fourth-order valence-electron chi connectivity index (χ4n) is 1.95. The van der Waals surface area contributed by atoms with Gasteiger partial charge in [-0.1, -0.05) is 41.1 Å². The Kier molecular flexibility index (Phi) is 4.78. The van der Waals surface area contributed by atoms with Crippen molar-refractivity contribution in [1.29, 1.82) is 0 Å². The molecule has 98 valence electrons. The number of rotatable bonds is 6. The number of likely N-dealkylation sites (N-methyl/N-ethyl adjacent to an activating group) is 1. The van der Waals surface area contributed by atoms with Gasteiger partial charge in [-0.05, 0) is 31.0 Å². The smallest absolute Gasteiger partial charge is 0.237 e. The molecule has 3 nitrogen and oxygen atoms in total. The van der Waals surface area contributed by atoms with Crippen molar-refractivity contribution in [2.24, 2.45) is 0 Å². The van der Waals surface area contributed by atoms with Crippen LogP contribution in [0.1, 0.15) is 25.3 Å². The summed E-state index contributed by atoms with van der Waals surface area (Å²) in [5.74, 6) is 0.204. The minimum absolute atomic E-state index is 0.204. The van der Waals surface area contributed by atoms with Gasteiger partial charge in [-0.15, -0.1) is 0 Å². The van der Waals surface area contributed by atoms with E-state index in [-0.39, 0.29) is 5.91 Å². The highest BCUT2D eigenvalue weighted by atomic mass is 79.9. The fraction of sp³-hybridized carbons (Fsp3) is 0.500. The maximum atomic E-state index is 12.1. The van der Waals surface area contributed by atoms with E-state index in [0.29, 0.717) is 19.1 Å². The predicted molar refractivity (Wildman–Crippen MR) is 76.3 cm³/mol. The van der Waals surface area contributed by atoms with Crippen molar-refractivity contribution in [3.8, 4) is 0 Å². The Labute approximate surface area is 117 Å². The highest BCUT2D eigenvalue weighted by Gasteiger charge is 2.32. The first-order valence-corrected chi connectivity index (χ1v) is 7.25. The van der Waals surface area contributed by atoms with Crippen LogP contribution in [0.15, 0.2) is 28.7 Å². The van der Waals surface area contributed by atoms with Gasteiger partial charge in [0, 0.05) is 17.1 Å². The number of nitrogens with one attached hydrogen (secondary N) is 1. The second kappa shape index (κ2) is 6.34. The van der Waals surface area contributed by atoms with Crippen LogP contribution in [-0.2, 0) is 11.3 Å². The number of hydrogen-bond acceptors (Lipinski definition) is 2. The maximum Gasteiger partial charge on any atom is 0.237 e. The second-order valence-electron chi connectivity index (χ2n) is 4.62. The number of benzene rings is 1. The first kappa shape index (κ1) is 13.6. The van der Waals surface area contributed by atoms with Crippen LogP contribution in [-0.4, -0.2) is 29.9 Å². The number of halogens is 1. The summed E-state index contributed by atoms with van der Waals surface area (Å²) in [6.45, 7) is 4.00. The molecule has 1 N–H and O–H groups in total.